The molecule has 0 spiro atoms. The summed E-state index contributed by atoms with van der Waals surface area (Å²) in [5.41, 5.74) is 1.88. The van der Waals surface area contributed by atoms with Crippen molar-refractivity contribution in [2.24, 2.45) is 5.41 Å². The lowest BCUT2D eigenvalue weighted by molar-refractivity contribution is 0.182. The molecule has 1 aliphatic carbocycles. The zero-order chi connectivity index (χ0) is 13.0. The second-order valence-electron chi connectivity index (χ2n) is 5.98. The second-order valence-corrected chi connectivity index (χ2v) is 7.21. The predicted molar refractivity (Wildman–Crippen MR) is 82.0 cm³/mol. The minimum atomic E-state index is 0.432. The number of nitrogens with one attached hydrogen (secondary N) is 1. The summed E-state index contributed by atoms with van der Waals surface area (Å²) in [4.78, 5) is 0. The molecule has 0 amide bonds. The third-order valence-corrected chi connectivity index (χ3v) is 5.58. The van der Waals surface area contributed by atoms with Gasteiger partial charge in [-0.3, -0.25) is 0 Å². The first kappa shape index (κ1) is 14.0. The normalized spacial score (nSPS) is 27.1. The van der Waals surface area contributed by atoms with Crippen LogP contribution < -0.4 is 5.32 Å². The molecule has 100 valence electrons. The van der Waals surface area contributed by atoms with Gasteiger partial charge in [-0.25, -0.2) is 0 Å². The third kappa shape index (κ3) is 3.30. The molecule has 0 radical (unpaired) electrons. The molecule has 1 fully saturated rings. The Labute approximate surface area is 116 Å². The van der Waals surface area contributed by atoms with Gasteiger partial charge in [0.25, 0.3) is 0 Å². The number of thioether (sulfide) groups is 1. The van der Waals surface area contributed by atoms with Crippen LogP contribution in [0, 0.1) is 5.41 Å². The quantitative estimate of drug-likeness (QED) is 0.878. The molecule has 1 N–H and O–H groups in total. The lowest BCUT2D eigenvalue weighted by Gasteiger charge is -2.43. The highest BCUT2D eigenvalue weighted by molar-refractivity contribution is 7.99. The Hall–Kier alpha value is -0.470. The van der Waals surface area contributed by atoms with E-state index in [0.29, 0.717) is 11.5 Å². The van der Waals surface area contributed by atoms with Gasteiger partial charge in [-0.1, -0.05) is 50.6 Å². The average Bonchev–Trinajstić information content (AvgIpc) is 2.36. The molecule has 1 aromatic carbocycles. The molecule has 1 aromatic rings. The third-order valence-electron chi connectivity index (χ3n) is 4.14. The number of hydrogen-bond donors (Lipinski definition) is 1. The van der Waals surface area contributed by atoms with Crippen molar-refractivity contribution >= 4 is 11.8 Å². The van der Waals surface area contributed by atoms with Gasteiger partial charge in [0.15, 0.2) is 0 Å². The lowest BCUT2D eigenvalue weighted by atomic mass is 9.73. The summed E-state index contributed by atoms with van der Waals surface area (Å²) in [6.07, 6.45) is 4.07. The smallest absolute Gasteiger partial charge is 0.0234 e. The van der Waals surface area contributed by atoms with E-state index in [2.05, 4.69) is 68.3 Å². The van der Waals surface area contributed by atoms with Crippen LogP contribution >= 0.6 is 11.8 Å². The Kier molecular flexibility index (Phi) is 4.74. The molecule has 1 nitrogen and oxygen atoms in total. The van der Waals surface area contributed by atoms with Crippen molar-refractivity contribution in [1.29, 1.82) is 0 Å². The highest BCUT2D eigenvalue weighted by atomic mass is 32.2. The standard InChI is InChI=1S/C16H25NS/c1-16(2)11-7-10-14(15(16)17-3)18-12-13-8-5-4-6-9-13/h4-6,8-9,14-15,17H,7,10-12H2,1-3H3. The van der Waals surface area contributed by atoms with E-state index >= 15 is 0 Å². The Morgan fingerprint density at radius 1 is 1.28 bits per heavy atom. The van der Waals surface area contributed by atoms with Gasteiger partial charge < -0.3 is 5.32 Å². The first-order chi connectivity index (χ1) is 8.63. The molecule has 1 saturated carbocycles. The van der Waals surface area contributed by atoms with Crippen LogP contribution in [0.5, 0.6) is 0 Å². The monoisotopic (exact) mass is 263 g/mol. The topological polar surface area (TPSA) is 12.0 Å². The second kappa shape index (κ2) is 6.12. The summed E-state index contributed by atoms with van der Waals surface area (Å²) in [6, 6.07) is 11.5. The Balaban J connectivity index is 1.95. The zero-order valence-electron chi connectivity index (χ0n) is 11.8. The Morgan fingerprint density at radius 2 is 2.00 bits per heavy atom. The molecule has 18 heavy (non-hydrogen) atoms. The van der Waals surface area contributed by atoms with Crippen LogP contribution in [0.25, 0.3) is 0 Å². The summed E-state index contributed by atoms with van der Waals surface area (Å²) >= 11 is 2.12. The highest BCUT2D eigenvalue weighted by Crippen LogP contribution is 2.41. The summed E-state index contributed by atoms with van der Waals surface area (Å²) in [6.45, 7) is 4.81. The van der Waals surface area contributed by atoms with Gasteiger partial charge in [0.2, 0.25) is 0 Å². The van der Waals surface area contributed by atoms with Crippen molar-refractivity contribution in [1.82, 2.24) is 5.32 Å². The molecule has 1 aliphatic rings. The van der Waals surface area contributed by atoms with E-state index in [9.17, 15) is 0 Å². The number of rotatable bonds is 4. The van der Waals surface area contributed by atoms with Crippen LogP contribution in [0.3, 0.4) is 0 Å². The maximum Gasteiger partial charge on any atom is 0.0234 e. The molecule has 2 atom stereocenters. The first-order valence-electron chi connectivity index (χ1n) is 6.96. The predicted octanol–water partition coefficient (Wildman–Crippen LogP) is 4.09. The van der Waals surface area contributed by atoms with Crippen LogP contribution in [0.15, 0.2) is 30.3 Å². The fraction of sp³-hybridized carbons (Fsp3) is 0.625. The Morgan fingerprint density at radius 3 is 2.67 bits per heavy atom. The molecule has 0 aliphatic heterocycles. The van der Waals surface area contributed by atoms with Crippen LogP contribution in [0.2, 0.25) is 0 Å². The summed E-state index contributed by atoms with van der Waals surface area (Å²) < 4.78 is 0. The highest BCUT2D eigenvalue weighted by Gasteiger charge is 2.37. The maximum absolute atomic E-state index is 3.56. The van der Waals surface area contributed by atoms with E-state index in [1.807, 2.05) is 0 Å². The Bertz CT molecular complexity index is 361. The van der Waals surface area contributed by atoms with Gasteiger partial charge in [-0.15, -0.1) is 0 Å². The van der Waals surface area contributed by atoms with Crippen molar-refractivity contribution in [3.63, 3.8) is 0 Å². The molecular formula is C16H25NS. The molecule has 0 saturated heterocycles. The van der Waals surface area contributed by atoms with Crippen molar-refractivity contribution in [2.75, 3.05) is 7.05 Å². The van der Waals surface area contributed by atoms with E-state index in [1.165, 1.54) is 24.8 Å². The van der Waals surface area contributed by atoms with Gasteiger partial charge in [-0.2, -0.15) is 11.8 Å². The van der Waals surface area contributed by atoms with Gasteiger partial charge in [0.1, 0.15) is 0 Å². The molecular weight excluding hydrogens is 238 g/mol. The minimum absolute atomic E-state index is 0.432. The molecule has 2 heteroatoms. The van der Waals surface area contributed by atoms with Crippen molar-refractivity contribution in [3.05, 3.63) is 35.9 Å². The average molecular weight is 263 g/mol. The summed E-state index contributed by atoms with van der Waals surface area (Å²) in [5.74, 6) is 1.14. The van der Waals surface area contributed by atoms with Crippen molar-refractivity contribution in [2.45, 2.75) is 50.2 Å². The molecule has 0 aromatic heterocycles. The van der Waals surface area contributed by atoms with Gasteiger partial charge in [-0.05, 0) is 30.9 Å². The van der Waals surface area contributed by atoms with Gasteiger partial charge in [0.05, 0.1) is 0 Å². The SMILES string of the molecule is CNC1C(SCc2ccccc2)CCCC1(C)C. The fourth-order valence-electron chi connectivity index (χ4n) is 3.12. The van der Waals surface area contributed by atoms with Crippen LogP contribution in [0.4, 0.5) is 0 Å². The number of hydrogen-bond acceptors (Lipinski definition) is 2. The summed E-state index contributed by atoms with van der Waals surface area (Å²) in [5, 5.41) is 4.31. The van der Waals surface area contributed by atoms with Crippen molar-refractivity contribution in [3.8, 4) is 0 Å². The largest absolute Gasteiger partial charge is 0.315 e. The van der Waals surface area contributed by atoms with Crippen LogP contribution in [-0.4, -0.2) is 18.3 Å². The van der Waals surface area contributed by atoms with E-state index in [4.69, 9.17) is 0 Å². The number of benzene rings is 1. The zero-order valence-corrected chi connectivity index (χ0v) is 12.6. The molecule has 2 rings (SSSR count). The van der Waals surface area contributed by atoms with E-state index in [0.717, 1.165) is 11.0 Å². The van der Waals surface area contributed by atoms with Crippen LogP contribution in [0.1, 0.15) is 38.7 Å². The van der Waals surface area contributed by atoms with Crippen molar-refractivity contribution < 1.29 is 0 Å². The van der Waals surface area contributed by atoms with E-state index < -0.39 is 0 Å². The molecule has 2 unspecified atom stereocenters. The molecule has 0 bridgehead atoms. The minimum Gasteiger partial charge on any atom is -0.315 e. The first-order valence-corrected chi connectivity index (χ1v) is 8.01. The van der Waals surface area contributed by atoms with Gasteiger partial charge >= 0.3 is 0 Å². The van der Waals surface area contributed by atoms with E-state index in [-0.39, 0.29) is 0 Å². The lowest BCUT2D eigenvalue weighted by Crippen LogP contribution is -2.50. The maximum atomic E-state index is 3.56. The molecule has 0 heterocycles. The van der Waals surface area contributed by atoms with E-state index in [1.54, 1.807) is 0 Å². The van der Waals surface area contributed by atoms with Crippen LogP contribution in [-0.2, 0) is 5.75 Å². The van der Waals surface area contributed by atoms with Gasteiger partial charge in [0, 0.05) is 17.0 Å². The summed E-state index contributed by atoms with van der Waals surface area (Å²) in [7, 11) is 2.12. The fourth-order valence-corrected chi connectivity index (χ4v) is 4.75.